The Balaban J connectivity index is 2.14. The smallest absolute Gasteiger partial charge is 0.304 e. The van der Waals surface area contributed by atoms with Crippen molar-refractivity contribution in [1.29, 1.82) is 0 Å². The summed E-state index contributed by atoms with van der Waals surface area (Å²) >= 11 is 0. The fraction of sp³-hybridized carbons (Fsp3) is 0.619. The van der Waals surface area contributed by atoms with Crippen LogP contribution in [-0.4, -0.2) is 44.5 Å². The highest BCUT2D eigenvalue weighted by atomic mass is 28.4. The highest BCUT2D eigenvalue weighted by Crippen LogP contribution is 2.41. The molecular weight excluding hydrogens is 374 g/mol. The van der Waals surface area contributed by atoms with Gasteiger partial charge in [0.25, 0.3) is 0 Å². The minimum atomic E-state index is -2.04. The van der Waals surface area contributed by atoms with Crippen LogP contribution in [-0.2, 0) is 25.3 Å². The molecule has 0 radical (unpaired) electrons. The Bertz CT molecular complexity index is 711. The van der Waals surface area contributed by atoms with E-state index in [0.29, 0.717) is 6.54 Å². The maximum absolute atomic E-state index is 12.9. The van der Waals surface area contributed by atoms with Gasteiger partial charge >= 0.3 is 5.97 Å². The van der Waals surface area contributed by atoms with Gasteiger partial charge in [-0.2, -0.15) is 0 Å². The monoisotopic (exact) mass is 407 g/mol. The molecule has 1 aromatic rings. The summed E-state index contributed by atoms with van der Waals surface area (Å²) in [6.45, 7) is 14.4. The van der Waals surface area contributed by atoms with Gasteiger partial charge in [0.1, 0.15) is 11.7 Å². The first-order valence-electron chi connectivity index (χ1n) is 9.66. The second-order valence-corrected chi connectivity index (χ2v) is 13.7. The third kappa shape index (κ3) is 4.75. The molecule has 7 heteroatoms. The minimum absolute atomic E-state index is 0.0355. The highest BCUT2D eigenvalue weighted by molar-refractivity contribution is 6.74. The summed E-state index contributed by atoms with van der Waals surface area (Å²) in [5.74, 6) is -0.171. The zero-order valence-corrected chi connectivity index (χ0v) is 19.2. The third-order valence-corrected chi connectivity index (χ3v) is 10.3. The number of nitrogens with zero attached hydrogens (tertiary/aromatic N) is 1. The molecule has 0 aliphatic carbocycles. The minimum Gasteiger partial charge on any atom is -0.497 e. The molecule has 1 aliphatic rings. The van der Waals surface area contributed by atoms with Crippen molar-refractivity contribution in [1.82, 2.24) is 4.90 Å². The lowest BCUT2D eigenvalue weighted by molar-refractivity contribution is -0.207. The molecule has 28 heavy (non-hydrogen) atoms. The molecule has 1 amide bonds. The molecular formula is C21H33NO5Si. The molecule has 1 aliphatic heterocycles. The fourth-order valence-corrected chi connectivity index (χ4v) is 4.53. The van der Waals surface area contributed by atoms with Gasteiger partial charge in [0.2, 0.25) is 5.91 Å². The first kappa shape index (κ1) is 22.4. The highest BCUT2D eigenvalue weighted by Gasteiger charge is 2.54. The molecule has 0 unspecified atom stereocenters. The molecule has 1 heterocycles. The number of esters is 1. The van der Waals surface area contributed by atoms with E-state index >= 15 is 0 Å². The average molecular weight is 408 g/mol. The van der Waals surface area contributed by atoms with Gasteiger partial charge in [-0.3, -0.25) is 9.59 Å². The average Bonchev–Trinajstić information content (AvgIpc) is 2.58. The van der Waals surface area contributed by atoms with Gasteiger partial charge in [-0.15, -0.1) is 0 Å². The van der Waals surface area contributed by atoms with Crippen molar-refractivity contribution in [2.24, 2.45) is 5.92 Å². The molecule has 1 aromatic carbocycles. The fourth-order valence-electron chi connectivity index (χ4n) is 3.10. The van der Waals surface area contributed by atoms with Crippen LogP contribution in [0, 0.1) is 5.92 Å². The summed E-state index contributed by atoms with van der Waals surface area (Å²) in [6, 6.07) is 7.50. The molecule has 0 aromatic heterocycles. The number of hydrogen-bond donors (Lipinski definition) is 0. The molecule has 0 saturated carbocycles. The van der Waals surface area contributed by atoms with Crippen LogP contribution in [0.5, 0.6) is 5.75 Å². The Kier molecular flexibility index (Phi) is 6.61. The topological polar surface area (TPSA) is 65.1 Å². The predicted molar refractivity (Wildman–Crippen MR) is 110 cm³/mol. The van der Waals surface area contributed by atoms with Crippen molar-refractivity contribution < 1.29 is 23.5 Å². The van der Waals surface area contributed by atoms with E-state index in [0.717, 1.165) is 11.3 Å². The SMILES string of the molecule is COc1ccc(CN2C(=O)[C@H]([C@@H](C)O[Si](C)(C)C(C)(C)C)[C@H]2OC(C)=O)cc1. The van der Waals surface area contributed by atoms with Crippen molar-refractivity contribution in [3.8, 4) is 5.75 Å². The number of carbonyl (C=O) groups excluding carboxylic acids is 2. The van der Waals surface area contributed by atoms with E-state index in [-0.39, 0.29) is 17.0 Å². The van der Waals surface area contributed by atoms with E-state index < -0.39 is 26.4 Å². The first-order valence-corrected chi connectivity index (χ1v) is 12.6. The molecule has 2 rings (SSSR count). The molecule has 1 fully saturated rings. The van der Waals surface area contributed by atoms with Crippen LogP contribution in [0.25, 0.3) is 0 Å². The van der Waals surface area contributed by atoms with E-state index in [1.54, 1.807) is 12.0 Å². The summed E-state index contributed by atoms with van der Waals surface area (Å²) in [6.07, 6.45) is -0.920. The van der Waals surface area contributed by atoms with Crippen molar-refractivity contribution in [2.75, 3.05) is 7.11 Å². The van der Waals surface area contributed by atoms with Crippen LogP contribution in [0.15, 0.2) is 24.3 Å². The zero-order valence-electron chi connectivity index (χ0n) is 18.2. The predicted octanol–water partition coefficient (Wildman–Crippen LogP) is 3.95. The Labute approximate surface area is 169 Å². The quantitative estimate of drug-likeness (QED) is 0.389. The standard InChI is InChI=1S/C21H33NO5Si/c1-14(27-28(7,8)21(3,4)5)18-19(24)22(20(18)26-15(2)23)13-16-9-11-17(25-6)12-10-16/h9-12,14,18,20H,13H2,1-8H3/t14-,18+,20-/m1/s1. The van der Waals surface area contributed by atoms with Crippen molar-refractivity contribution in [2.45, 2.75) is 71.6 Å². The van der Waals surface area contributed by atoms with Gasteiger partial charge in [-0.05, 0) is 42.8 Å². The maximum Gasteiger partial charge on any atom is 0.304 e. The normalized spacial score (nSPS) is 21.1. The van der Waals surface area contributed by atoms with E-state index in [1.807, 2.05) is 31.2 Å². The van der Waals surface area contributed by atoms with Gasteiger partial charge in [-0.25, -0.2) is 0 Å². The third-order valence-electron chi connectivity index (χ3n) is 5.77. The summed E-state index contributed by atoms with van der Waals surface area (Å²) in [7, 11) is -0.434. The molecule has 6 nitrogen and oxygen atoms in total. The molecule has 1 saturated heterocycles. The second kappa shape index (κ2) is 8.25. The van der Waals surface area contributed by atoms with Crippen LogP contribution in [0.3, 0.4) is 0 Å². The number of benzene rings is 1. The summed E-state index contributed by atoms with van der Waals surface area (Å²) < 4.78 is 17.1. The number of β-lactam (4-membered cyclic amide) rings is 1. The lowest BCUT2D eigenvalue weighted by atomic mass is 9.90. The summed E-state index contributed by atoms with van der Waals surface area (Å²) in [4.78, 5) is 26.1. The van der Waals surface area contributed by atoms with E-state index in [1.165, 1.54) is 6.92 Å². The van der Waals surface area contributed by atoms with E-state index in [9.17, 15) is 9.59 Å². The largest absolute Gasteiger partial charge is 0.497 e. The van der Waals surface area contributed by atoms with Gasteiger partial charge in [-0.1, -0.05) is 32.9 Å². The van der Waals surface area contributed by atoms with Crippen molar-refractivity contribution in [3.05, 3.63) is 29.8 Å². The second-order valence-electron chi connectivity index (χ2n) is 8.92. The first-order chi connectivity index (χ1) is 12.9. The van der Waals surface area contributed by atoms with Crippen molar-refractivity contribution >= 4 is 20.2 Å². The number of carbonyl (C=O) groups is 2. The van der Waals surface area contributed by atoms with E-state index in [4.69, 9.17) is 13.9 Å². The molecule has 0 N–H and O–H groups in total. The van der Waals surface area contributed by atoms with E-state index in [2.05, 4.69) is 33.9 Å². The molecule has 0 bridgehead atoms. The number of rotatable bonds is 7. The number of methoxy groups -OCH3 is 1. The Hall–Kier alpha value is -1.86. The lowest BCUT2D eigenvalue weighted by Crippen LogP contribution is -2.66. The molecule has 156 valence electrons. The van der Waals surface area contributed by atoms with Gasteiger partial charge in [0, 0.05) is 13.5 Å². The van der Waals surface area contributed by atoms with Crippen LogP contribution in [0.1, 0.15) is 40.2 Å². The van der Waals surface area contributed by atoms with Crippen LogP contribution >= 0.6 is 0 Å². The number of ether oxygens (including phenoxy) is 2. The molecule has 3 atom stereocenters. The van der Waals surface area contributed by atoms with Gasteiger partial charge < -0.3 is 18.8 Å². The Morgan fingerprint density at radius 2 is 1.79 bits per heavy atom. The number of hydrogen-bond acceptors (Lipinski definition) is 5. The maximum atomic E-state index is 12.9. The van der Waals surface area contributed by atoms with Gasteiger partial charge in [0.05, 0.1) is 13.2 Å². The van der Waals surface area contributed by atoms with Gasteiger partial charge in [0.15, 0.2) is 14.5 Å². The number of amides is 1. The Morgan fingerprint density at radius 3 is 2.25 bits per heavy atom. The molecule has 0 spiro atoms. The van der Waals surface area contributed by atoms with Crippen LogP contribution in [0.4, 0.5) is 0 Å². The summed E-state index contributed by atoms with van der Waals surface area (Å²) in [5.41, 5.74) is 0.947. The van der Waals surface area contributed by atoms with Crippen molar-refractivity contribution in [3.63, 3.8) is 0 Å². The summed E-state index contributed by atoms with van der Waals surface area (Å²) in [5, 5.41) is 0.0355. The number of likely N-dealkylation sites (tertiary alicyclic amines) is 1. The Morgan fingerprint density at radius 1 is 1.21 bits per heavy atom. The zero-order chi connectivity index (χ0) is 21.3. The lowest BCUT2D eigenvalue weighted by Gasteiger charge is -2.50. The van der Waals surface area contributed by atoms with Crippen LogP contribution < -0.4 is 4.74 Å². The van der Waals surface area contributed by atoms with Crippen LogP contribution in [0.2, 0.25) is 18.1 Å².